The summed E-state index contributed by atoms with van der Waals surface area (Å²) in [6.45, 7) is 4.13. The third-order valence-corrected chi connectivity index (χ3v) is 3.59. The van der Waals surface area contributed by atoms with Crippen molar-refractivity contribution in [2.24, 2.45) is 0 Å². The highest BCUT2D eigenvalue weighted by Crippen LogP contribution is 2.17. The highest BCUT2D eigenvalue weighted by molar-refractivity contribution is 5.95. The van der Waals surface area contributed by atoms with E-state index in [-0.39, 0.29) is 24.4 Å². The van der Waals surface area contributed by atoms with Gasteiger partial charge in [-0.25, -0.2) is 4.39 Å². The van der Waals surface area contributed by atoms with E-state index in [1.165, 1.54) is 12.1 Å². The quantitative estimate of drug-likeness (QED) is 0.917. The second-order valence-electron chi connectivity index (χ2n) is 5.31. The summed E-state index contributed by atoms with van der Waals surface area (Å²) < 4.78 is 18.6. The first-order valence-corrected chi connectivity index (χ1v) is 7.15. The highest BCUT2D eigenvalue weighted by Gasteiger charge is 2.15. The van der Waals surface area contributed by atoms with Gasteiger partial charge in [0.1, 0.15) is 5.82 Å². The van der Waals surface area contributed by atoms with Crippen molar-refractivity contribution < 1.29 is 13.9 Å². The van der Waals surface area contributed by atoms with E-state index in [1.54, 1.807) is 19.2 Å². The lowest BCUT2D eigenvalue weighted by Crippen LogP contribution is -2.29. The standard InChI is InChI=1S/C18H20FNO2/c1-12-7-8-13(2)16(9-12)18(21)20-11-17(22-3)14-5-4-6-15(19)10-14/h4-10,17H,11H2,1-3H3,(H,20,21). The Hall–Kier alpha value is -2.20. The van der Waals surface area contributed by atoms with Crippen molar-refractivity contribution in [3.05, 3.63) is 70.5 Å². The molecule has 2 aromatic carbocycles. The molecule has 1 atom stereocenters. The lowest BCUT2D eigenvalue weighted by molar-refractivity contribution is 0.0826. The second-order valence-corrected chi connectivity index (χ2v) is 5.31. The Kier molecular flexibility index (Phi) is 5.28. The van der Waals surface area contributed by atoms with Gasteiger partial charge in [-0.05, 0) is 43.2 Å². The van der Waals surface area contributed by atoms with Gasteiger partial charge < -0.3 is 10.1 Å². The Morgan fingerprint density at radius 2 is 2.00 bits per heavy atom. The highest BCUT2D eigenvalue weighted by atomic mass is 19.1. The van der Waals surface area contributed by atoms with Gasteiger partial charge in [-0.2, -0.15) is 0 Å². The van der Waals surface area contributed by atoms with Crippen LogP contribution in [-0.4, -0.2) is 19.6 Å². The molecule has 0 aliphatic heterocycles. The fourth-order valence-electron chi connectivity index (χ4n) is 2.31. The molecule has 0 spiro atoms. The molecule has 0 heterocycles. The average Bonchev–Trinajstić information content (AvgIpc) is 2.50. The molecule has 0 fully saturated rings. The van der Waals surface area contributed by atoms with Gasteiger partial charge in [0.25, 0.3) is 5.91 Å². The molecule has 0 aliphatic rings. The zero-order valence-corrected chi connectivity index (χ0v) is 13.0. The van der Waals surface area contributed by atoms with E-state index >= 15 is 0 Å². The first-order chi connectivity index (χ1) is 10.5. The van der Waals surface area contributed by atoms with E-state index in [9.17, 15) is 9.18 Å². The zero-order valence-electron chi connectivity index (χ0n) is 13.0. The van der Waals surface area contributed by atoms with Crippen LogP contribution in [0.1, 0.15) is 33.2 Å². The fourth-order valence-corrected chi connectivity index (χ4v) is 2.31. The maximum absolute atomic E-state index is 13.3. The van der Waals surface area contributed by atoms with Crippen molar-refractivity contribution in [1.82, 2.24) is 5.32 Å². The van der Waals surface area contributed by atoms with E-state index in [0.717, 1.165) is 11.1 Å². The van der Waals surface area contributed by atoms with Crippen LogP contribution in [0.25, 0.3) is 0 Å². The number of carbonyl (C=O) groups excluding carboxylic acids is 1. The number of ether oxygens (including phenoxy) is 1. The largest absolute Gasteiger partial charge is 0.375 e. The molecule has 0 radical (unpaired) electrons. The van der Waals surface area contributed by atoms with Gasteiger partial charge >= 0.3 is 0 Å². The lowest BCUT2D eigenvalue weighted by atomic mass is 10.0. The van der Waals surface area contributed by atoms with Crippen LogP contribution in [0, 0.1) is 19.7 Å². The molecule has 1 amide bonds. The molecule has 3 nitrogen and oxygen atoms in total. The van der Waals surface area contributed by atoms with Crippen LogP contribution < -0.4 is 5.32 Å². The normalized spacial score (nSPS) is 12.0. The number of aryl methyl sites for hydroxylation is 2. The molecular formula is C18H20FNO2. The molecule has 0 aliphatic carbocycles. The first-order valence-electron chi connectivity index (χ1n) is 7.15. The van der Waals surface area contributed by atoms with E-state index in [2.05, 4.69) is 5.32 Å². The van der Waals surface area contributed by atoms with Crippen molar-refractivity contribution in [3.8, 4) is 0 Å². The van der Waals surface area contributed by atoms with E-state index in [4.69, 9.17) is 4.74 Å². The van der Waals surface area contributed by atoms with Crippen LogP contribution >= 0.6 is 0 Å². The number of hydrogen-bond acceptors (Lipinski definition) is 2. The minimum Gasteiger partial charge on any atom is -0.375 e. The van der Waals surface area contributed by atoms with Crippen LogP contribution in [0.15, 0.2) is 42.5 Å². The molecule has 0 saturated heterocycles. The van der Waals surface area contributed by atoms with E-state index < -0.39 is 0 Å². The number of methoxy groups -OCH3 is 1. The number of hydrogen-bond donors (Lipinski definition) is 1. The molecule has 116 valence electrons. The van der Waals surface area contributed by atoms with Gasteiger partial charge in [-0.15, -0.1) is 0 Å². The predicted octanol–water partition coefficient (Wildman–Crippen LogP) is 3.56. The number of carbonyl (C=O) groups is 1. The minimum atomic E-state index is -0.384. The summed E-state index contributed by atoms with van der Waals surface area (Å²) in [5.41, 5.74) is 3.30. The van der Waals surface area contributed by atoms with E-state index in [0.29, 0.717) is 11.1 Å². The van der Waals surface area contributed by atoms with E-state index in [1.807, 2.05) is 32.0 Å². The van der Waals surface area contributed by atoms with Crippen LogP contribution in [0.4, 0.5) is 4.39 Å². The lowest BCUT2D eigenvalue weighted by Gasteiger charge is -2.17. The third kappa shape index (κ3) is 3.92. The summed E-state index contributed by atoms with van der Waals surface area (Å²) in [5, 5.41) is 2.85. The Labute approximate surface area is 130 Å². The Bertz CT molecular complexity index is 670. The van der Waals surface area contributed by atoms with Crippen LogP contribution in [0.2, 0.25) is 0 Å². The number of halogens is 1. The maximum Gasteiger partial charge on any atom is 0.251 e. The summed E-state index contributed by atoms with van der Waals surface area (Å²) in [5.74, 6) is -0.472. The SMILES string of the molecule is COC(CNC(=O)c1cc(C)ccc1C)c1cccc(F)c1. The van der Waals surface area contributed by atoms with Crippen molar-refractivity contribution in [2.75, 3.05) is 13.7 Å². The van der Waals surface area contributed by atoms with Crippen LogP contribution in [-0.2, 0) is 4.74 Å². The van der Waals surface area contributed by atoms with Crippen molar-refractivity contribution in [2.45, 2.75) is 20.0 Å². The minimum absolute atomic E-state index is 0.153. The number of rotatable bonds is 5. The molecule has 0 aromatic heterocycles. The molecule has 2 aromatic rings. The summed E-state index contributed by atoms with van der Waals surface area (Å²) in [7, 11) is 1.54. The Morgan fingerprint density at radius 1 is 1.23 bits per heavy atom. The summed E-state index contributed by atoms with van der Waals surface area (Å²) in [6.07, 6.45) is -0.384. The first kappa shape index (κ1) is 16.2. The summed E-state index contributed by atoms with van der Waals surface area (Å²) in [4.78, 5) is 12.3. The van der Waals surface area contributed by atoms with Crippen molar-refractivity contribution in [1.29, 1.82) is 0 Å². The van der Waals surface area contributed by atoms with Gasteiger partial charge in [-0.3, -0.25) is 4.79 Å². The molecule has 2 rings (SSSR count). The topological polar surface area (TPSA) is 38.3 Å². The third-order valence-electron chi connectivity index (χ3n) is 3.59. The monoisotopic (exact) mass is 301 g/mol. The average molecular weight is 301 g/mol. The van der Waals surface area contributed by atoms with Crippen LogP contribution in [0.5, 0.6) is 0 Å². The molecule has 1 N–H and O–H groups in total. The van der Waals surface area contributed by atoms with Crippen molar-refractivity contribution in [3.63, 3.8) is 0 Å². The molecule has 22 heavy (non-hydrogen) atoms. The van der Waals surface area contributed by atoms with Gasteiger partial charge in [0.05, 0.1) is 6.10 Å². The molecule has 0 bridgehead atoms. The smallest absolute Gasteiger partial charge is 0.251 e. The van der Waals surface area contributed by atoms with Gasteiger partial charge in [-0.1, -0.05) is 29.8 Å². The second kappa shape index (κ2) is 7.18. The number of amides is 1. The fraction of sp³-hybridized carbons (Fsp3) is 0.278. The van der Waals surface area contributed by atoms with Crippen LogP contribution in [0.3, 0.4) is 0 Å². The zero-order chi connectivity index (χ0) is 16.1. The predicted molar refractivity (Wildman–Crippen MR) is 84.4 cm³/mol. The summed E-state index contributed by atoms with van der Waals surface area (Å²) in [6, 6.07) is 11.9. The van der Waals surface area contributed by atoms with Gasteiger partial charge in [0.15, 0.2) is 0 Å². The Balaban J connectivity index is 2.07. The van der Waals surface area contributed by atoms with Gasteiger partial charge in [0, 0.05) is 19.2 Å². The summed E-state index contributed by atoms with van der Waals surface area (Å²) >= 11 is 0. The molecule has 1 unspecified atom stereocenters. The van der Waals surface area contributed by atoms with Crippen molar-refractivity contribution >= 4 is 5.91 Å². The maximum atomic E-state index is 13.3. The molecule has 0 saturated carbocycles. The number of benzene rings is 2. The Morgan fingerprint density at radius 3 is 2.68 bits per heavy atom. The molecule has 4 heteroatoms. The molecular weight excluding hydrogens is 281 g/mol. The number of nitrogens with one attached hydrogen (secondary N) is 1. The van der Waals surface area contributed by atoms with Gasteiger partial charge in [0.2, 0.25) is 0 Å².